The minimum atomic E-state index is -0.577. The molecule has 112 valence electrons. The monoisotopic (exact) mass is 293 g/mol. The number of anilines is 1. The van der Waals surface area contributed by atoms with Gasteiger partial charge in [-0.3, -0.25) is 14.9 Å². The molecule has 2 rings (SSSR count). The quantitative estimate of drug-likeness (QED) is 0.462. The normalized spacial score (nSPS) is 15.0. The molecule has 8 heteroatoms. The molecule has 21 heavy (non-hydrogen) atoms. The second-order valence-electron chi connectivity index (χ2n) is 4.69. The van der Waals surface area contributed by atoms with Crippen LogP contribution in [-0.2, 0) is 9.53 Å². The summed E-state index contributed by atoms with van der Waals surface area (Å²) in [5.74, 6) is -0.703. The molecule has 0 saturated carbocycles. The average Bonchev–Trinajstić information content (AvgIpc) is 2.48. The summed E-state index contributed by atoms with van der Waals surface area (Å²) in [5, 5.41) is 11.1. The van der Waals surface area contributed by atoms with Crippen LogP contribution in [-0.4, -0.2) is 55.5 Å². The number of nitro benzene ring substituents is 1. The lowest BCUT2D eigenvalue weighted by molar-refractivity contribution is -0.384. The summed E-state index contributed by atoms with van der Waals surface area (Å²) < 4.78 is 4.61. The van der Waals surface area contributed by atoms with Crippen molar-refractivity contribution in [2.24, 2.45) is 0 Å². The molecule has 0 atom stereocenters. The number of benzene rings is 1. The van der Waals surface area contributed by atoms with E-state index in [4.69, 9.17) is 0 Å². The fourth-order valence-corrected chi connectivity index (χ4v) is 2.14. The van der Waals surface area contributed by atoms with Crippen LogP contribution in [0.4, 0.5) is 11.4 Å². The first kappa shape index (κ1) is 14.8. The predicted molar refractivity (Wildman–Crippen MR) is 74.3 cm³/mol. The van der Waals surface area contributed by atoms with E-state index in [1.165, 1.54) is 25.3 Å². The largest absolute Gasteiger partial charge is 0.465 e. The predicted octanol–water partition coefficient (Wildman–Crippen LogP) is 0.660. The summed E-state index contributed by atoms with van der Waals surface area (Å²) >= 11 is 0. The van der Waals surface area contributed by atoms with Gasteiger partial charge in [0.15, 0.2) is 0 Å². The number of carbonyl (C=O) groups is 2. The molecule has 1 aromatic rings. The third-order valence-corrected chi connectivity index (χ3v) is 3.39. The first-order chi connectivity index (χ1) is 9.93. The van der Waals surface area contributed by atoms with Crippen LogP contribution in [0, 0.1) is 10.1 Å². The molecule has 1 aliphatic heterocycles. The summed E-state index contributed by atoms with van der Waals surface area (Å²) in [4.78, 5) is 37.1. The van der Waals surface area contributed by atoms with Crippen LogP contribution in [0.25, 0.3) is 0 Å². The van der Waals surface area contributed by atoms with E-state index >= 15 is 0 Å². The molecular formula is C13H15N3O5. The highest BCUT2D eigenvalue weighted by Gasteiger charge is 2.27. The Morgan fingerprint density at radius 3 is 2.67 bits per heavy atom. The van der Waals surface area contributed by atoms with Gasteiger partial charge in [0, 0.05) is 26.2 Å². The number of nitro groups is 1. The smallest absolute Gasteiger partial charge is 0.337 e. The third-order valence-electron chi connectivity index (χ3n) is 3.39. The van der Waals surface area contributed by atoms with Gasteiger partial charge in [-0.15, -0.1) is 0 Å². The molecule has 0 aromatic heterocycles. The second-order valence-corrected chi connectivity index (χ2v) is 4.69. The Hall–Kier alpha value is -2.64. The molecule has 1 amide bonds. The fourth-order valence-electron chi connectivity index (χ4n) is 2.14. The van der Waals surface area contributed by atoms with Crippen LogP contribution in [0.1, 0.15) is 10.4 Å². The van der Waals surface area contributed by atoms with Gasteiger partial charge in [0.05, 0.1) is 24.1 Å². The molecule has 0 bridgehead atoms. The maximum Gasteiger partial charge on any atom is 0.337 e. The molecule has 0 aliphatic carbocycles. The number of carbonyl (C=O) groups excluding carboxylic acids is 2. The van der Waals surface area contributed by atoms with Gasteiger partial charge in [-0.2, -0.15) is 0 Å². The number of amides is 1. The molecule has 8 nitrogen and oxygen atoms in total. The molecular weight excluding hydrogens is 278 g/mol. The van der Waals surface area contributed by atoms with Crippen molar-refractivity contribution in [2.75, 3.05) is 38.7 Å². The lowest BCUT2D eigenvalue weighted by atomic mass is 10.1. The van der Waals surface area contributed by atoms with Gasteiger partial charge in [-0.1, -0.05) is 0 Å². The summed E-state index contributed by atoms with van der Waals surface area (Å²) in [6.45, 7) is 0.980. The van der Waals surface area contributed by atoms with Crippen molar-refractivity contribution in [1.82, 2.24) is 4.90 Å². The fraction of sp³-hybridized carbons (Fsp3) is 0.385. The number of piperazine rings is 1. The average molecular weight is 293 g/mol. The van der Waals surface area contributed by atoms with Crippen molar-refractivity contribution in [3.05, 3.63) is 33.9 Å². The molecule has 1 saturated heterocycles. The van der Waals surface area contributed by atoms with Crippen molar-refractivity contribution in [3.8, 4) is 0 Å². The Bertz CT molecular complexity index is 601. The second kappa shape index (κ2) is 5.78. The lowest BCUT2D eigenvalue weighted by Crippen LogP contribution is -2.48. The first-order valence-corrected chi connectivity index (χ1v) is 6.29. The van der Waals surface area contributed by atoms with Crippen molar-refractivity contribution < 1.29 is 19.2 Å². The number of likely N-dealkylation sites (N-methyl/N-ethyl adjacent to an activating group) is 1. The zero-order chi connectivity index (χ0) is 15.6. The van der Waals surface area contributed by atoms with Crippen LogP contribution >= 0.6 is 0 Å². The van der Waals surface area contributed by atoms with E-state index in [0.717, 1.165) is 0 Å². The van der Waals surface area contributed by atoms with Gasteiger partial charge in [-0.25, -0.2) is 4.79 Å². The minimum Gasteiger partial charge on any atom is -0.465 e. The number of esters is 1. The van der Waals surface area contributed by atoms with Gasteiger partial charge >= 0.3 is 5.97 Å². The van der Waals surface area contributed by atoms with E-state index in [9.17, 15) is 19.7 Å². The zero-order valence-corrected chi connectivity index (χ0v) is 11.7. The number of nitrogens with zero attached hydrogens (tertiary/aromatic N) is 3. The van der Waals surface area contributed by atoms with Crippen molar-refractivity contribution >= 4 is 23.3 Å². The molecule has 1 aromatic carbocycles. The topological polar surface area (TPSA) is 93.0 Å². The highest BCUT2D eigenvalue weighted by Crippen LogP contribution is 2.30. The van der Waals surface area contributed by atoms with Crippen LogP contribution in [0.2, 0.25) is 0 Å². The zero-order valence-electron chi connectivity index (χ0n) is 11.7. The Morgan fingerprint density at radius 1 is 1.38 bits per heavy atom. The maximum atomic E-state index is 11.8. The van der Waals surface area contributed by atoms with Crippen LogP contribution in [0.3, 0.4) is 0 Å². The summed E-state index contributed by atoms with van der Waals surface area (Å²) in [6.07, 6.45) is 0. The van der Waals surface area contributed by atoms with Crippen LogP contribution in [0.15, 0.2) is 18.2 Å². The highest BCUT2D eigenvalue weighted by atomic mass is 16.6. The van der Waals surface area contributed by atoms with Crippen molar-refractivity contribution in [1.29, 1.82) is 0 Å². The standard InChI is InChI=1S/C13H15N3O5/c1-14-5-6-15(8-12(14)17)11-7-9(13(18)21-2)3-4-10(11)16(19)20/h3-4,7H,5-6,8H2,1-2H3. The van der Waals surface area contributed by atoms with Gasteiger partial charge in [-0.05, 0) is 12.1 Å². The SMILES string of the molecule is COC(=O)c1ccc([N+](=O)[O-])c(N2CCN(C)C(=O)C2)c1. The first-order valence-electron chi connectivity index (χ1n) is 6.29. The van der Waals surface area contributed by atoms with Gasteiger partial charge in [0.1, 0.15) is 5.69 Å². The van der Waals surface area contributed by atoms with Gasteiger partial charge in [0.25, 0.3) is 5.69 Å². The molecule has 0 unspecified atom stereocenters. The van der Waals surface area contributed by atoms with Crippen molar-refractivity contribution in [2.45, 2.75) is 0 Å². The molecule has 0 spiro atoms. The van der Waals surface area contributed by atoms with Crippen LogP contribution in [0.5, 0.6) is 0 Å². The summed E-state index contributed by atoms with van der Waals surface area (Å²) in [6, 6.07) is 3.98. The highest BCUT2D eigenvalue weighted by molar-refractivity contribution is 5.92. The van der Waals surface area contributed by atoms with Crippen LogP contribution < -0.4 is 4.90 Å². The lowest BCUT2D eigenvalue weighted by Gasteiger charge is -2.33. The number of rotatable bonds is 3. The molecule has 0 radical (unpaired) electrons. The van der Waals surface area contributed by atoms with E-state index < -0.39 is 10.9 Å². The summed E-state index contributed by atoms with van der Waals surface area (Å²) in [7, 11) is 2.92. The van der Waals surface area contributed by atoms with Gasteiger partial charge < -0.3 is 14.5 Å². The molecule has 1 aliphatic rings. The summed E-state index contributed by atoms with van der Waals surface area (Å²) in [5.41, 5.74) is 0.328. The van der Waals surface area contributed by atoms with E-state index in [2.05, 4.69) is 4.74 Å². The van der Waals surface area contributed by atoms with E-state index in [1.54, 1.807) is 16.8 Å². The molecule has 0 N–H and O–H groups in total. The van der Waals surface area contributed by atoms with E-state index in [-0.39, 0.29) is 29.4 Å². The molecule has 1 heterocycles. The third kappa shape index (κ3) is 2.93. The van der Waals surface area contributed by atoms with Crippen molar-refractivity contribution in [3.63, 3.8) is 0 Å². The Labute approximate surface area is 121 Å². The molecule has 1 fully saturated rings. The number of ether oxygens (including phenoxy) is 1. The van der Waals surface area contributed by atoms with Gasteiger partial charge in [0.2, 0.25) is 5.91 Å². The van der Waals surface area contributed by atoms with E-state index in [0.29, 0.717) is 13.1 Å². The maximum absolute atomic E-state index is 11.8. The number of methoxy groups -OCH3 is 1. The number of hydrogen-bond acceptors (Lipinski definition) is 6. The number of hydrogen-bond donors (Lipinski definition) is 0. The Balaban J connectivity index is 2.41. The Morgan fingerprint density at radius 2 is 2.10 bits per heavy atom. The van der Waals surface area contributed by atoms with E-state index in [1.807, 2.05) is 0 Å². The minimum absolute atomic E-state index is 0.0436. The Kier molecular flexibility index (Phi) is 4.06.